The highest BCUT2D eigenvalue weighted by atomic mass is 19.1. The second kappa shape index (κ2) is 4.95. The number of aliphatic carboxylic acids is 1. The van der Waals surface area contributed by atoms with Crippen LogP contribution in [0.25, 0.3) is 0 Å². The minimum atomic E-state index is -1.20. The lowest BCUT2D eigenvalue weighted by molar-refractivity contribution is -0.150. The number of hydrogen-bond acceptors (Lipinski definition) is 3. The minimum absolute atomic E-state index is 0.204. The molecular weight excluding hydrogens is 251 g/mol. The predicted molar refractivity (Wildman–Crippen MR) is 65.1 cm³/mol. The number of aromatic nitrogens is 1. The van der Waals surface area contributed by atoms with E-state index in [9.17, 15) is 19.1 Å². The Bertz CT molecular complexity index is 503. The number of carbonyl (C=O) groups is 2. The summed E-state index contributed by atoms with van der Waals surface area (Å²) in [7, 11) is 0. The van der Waals surface area contributed by atoms with Crippen LogP contribution in [0.2, 0.25) is 0 Å². The molecule has 1 fully saturated rings. The average Bonchev–Trinajstić information content (AvgIpc) is 2.39. The molecule has 0 aliphatic carbocycles. The number of carboxylic acids is 1. The summed E-state index contributed by atoms with van der Waals surface area (Å²) in [5.41, 5.74) is -1.00. The van der Waals surface area contributed by atoms with Crippen molar-refractivity contribution in [1.29, 1.82) is 0 Å². The van der Waals surface area contributed by atoms with Gasteiger partial charge in [-0.3, -0.25) is 4.79 Å². The van der Waals surface area contributed by atoms with Gasteiger partial charge in [-0.15, -0.1) is 0 Å². The lowest BCUT2D eigenvalue weighted by Crippen LogP contribution is -2.57. The van der Waals surface area contributed by atoms with Gasteiger partial charge < -0.3 is 10.0 Å². The Kier molecular flexibility index (Phi) is 3.50. The molecule has 5 nitrogen and oxygen atoms in total. The summed E-state index contributed by atoms with van der Waals surface area (Å²) in [6, 6.07) is 2.41. The Labute approximate surface area is 110 Å². The Morgan fingerprint density at radius 1 is 1.42 bits per heavy atom. The summed E-state index contributed by atoms with van der Waals surface area (Å²) < 4.78 is 12.7. The highest BCUT2D eigenvalue weighted by Crippen LogP contribution is 2.29. The Balaban J connectivity index is 2.30. The van der Waals surface area contributed by atoms with Crippen LogP contribution in [0.4, 0.5) is 4.39 Å². The lowest BCUT2D eigenvalue weighted by Gasteiger charge is -2.41. The summed E-state index contributed by atoms with van der Waals surface area (Å²) in [5, 5.41) is 9.34. The van der Waals surface area contributed by atoms with Gasteiger partial charge in [0, 0.05) is 12.7 Å². The van der Waals surface area contributed by atoms with Crippen molar-refractivity contribution >= 4 is 11.9 Å². The van der Waals surface area contributed by atoms with Gasteiger partial charge in [-0.1, -0.05) is 0 Å². The van der Waals surface area contributed by atoms with Crippen molar-refractivity contribution < 1.29 is 19.1 Å². The van der Waals surface area contributed by atoms with Crippen LogP contribution in [0.5, 0.6) is 0 Å². The van der Waals surface area contributed by atoms with Crippen LogP contribution in [0.3, 0.4) is 0 Å². The number of rotatable bonds is 2. The van der Waals surface area contributed by atoms with E-state index in [2.05, 4.69) is 4.98 Å². The normalized spacial score (nSPS) is 23.2. The molecule has 1 aromatic rings. The van der Waals surface area contributed by atoms with Gasteiger partial charge in [0.25, 0.3) is 5.91 Å². The molecule has 0 bridgehead atoms. The summed E-state index contributed by atoms with van der Waals surface area (Å²) in [4.78, 5) is 28.5. The fourth-order valence-corrected chi connectivity index (χ4v) is 2.33. The van der Waals surface area contributed by atoms with Crippen LogP contribution in [-0.2, 0) is 4.79 Å². The fraction of sp³-hybridized carbons (Fsp3) is 0.462. The standard InChI is InChI=1S/C13H15FN2O3/c1-13(12(18)19)6-2-3-7-16(13)11(17)9-4-5-10(14)15-8-9/h4-5,8H,2-3,6-7H2,1H3,(H,18,19). The molecule has 0 spiro atoms. The van der Waals surface area contributed by atoms with Gasteiger partial charge >= 0.3 is 5.97 Å². The molecule has 1 aliphatic rings. The third-order valence-corrected chi connectivity index (χ3v) is 3.57. The molecule has 0 radical (unpaired) electrons. The first-order valence-electron chi connectivity index (χ1n) is 6.12. The molecule has 1 saturated heterocycles. The van der Waals surface area contributed by atoms with Crippen molar-refractivity contribution in [2.45, 2.75) is 31.7 Å². The van der Waals surface area contributed by atoms with Gasteiger partial charge in [-0.25, -0.2) is 9.78 Å². The van der Waals surface area contributed by atoms with E-state index < -0.39 is 23.4 Å². The van der Waals surface area contributed by atoms with Gasteiger partial charge in [-0.2, -0.15) is 4.39 Å². The first-order chi connectivity index (χ1) is 8.95. The Morgan fingerprint density at radius 2 is 2.16 bits per heavy atom. The monoisotopic (exact) mass is 266 g/mol. The van der Waals surface area contributed by atoms with Crippen molar-refractivity contribution in [3.63, 3.8) is 0 Å². The largest absolute Gasteiger partial charge is 0.480 e. The summed E-state index contributed by atoms with van der Waals surface area (Å²) >= 11 is 0. The highest BCUT2D eigenvalue weighted by molar-refractivity contribution is 5.97. The topological polar surface area (TPSA) is 70.5 Å². The van der Waals surface area contributed by atoms with Gasteiger partial charge in [0.15, 0.2) is 0 Å². The van der Waals surface area contributed by atoms with Crippen LogP contribution < -0.4 is 0 Å². The first kappa shape index (κ1) is 13.5. The van der Waals surface area contributed by atoms with Gasteiger partial charge in [-0.05, 0) is 38.3 Å². The molecule has 1 unspecified atom stereocenters. The van der Waals surface area contributed by atoms with E-state index in [-0.39, 0.29) is 5.56 Å². The summed E-state index contributed by atoms with van der Waals surface area (Å²) in [6.07, 6.45) is 3.09. The smallest absolute Gasteiger partial charge is 0.329 e. The Hall–Kier alpha value is -1.98. The maximum atomic E-state index is 12.7. The zero-order chi connectivity index (χ0) is 14.0. The molecule has 19 heavy (non-hydrogen) atoms. The number of piperidine rings is 1. The van der Waals surface area contributed by atoms with E-state index in [1.165, 1.54) is 11.0 Å². The van der Waals surface area contributed by atoms with Crippen LogP contribution >= 0.6 is 0 Å². The second-order valence-corrected chi connectivity index (χ2v) is 4.86. The number of halogens is 1. The van der Waals surface area contributed by atoms with E-state index in [1.54, 1.807) is 6.92 Å². The van der Waals surface area contributed by atoms with Crippen molar-refractivity contribution in [2.24, 2.45) is 0 Å². The van der Waals surface area contributed by atoms with Crippen LogP contribution in [0, 0.1) is 5.95 Å². The zero-order valence-corrected chi connectivity index (χ0v) is 10.6. The Morgan fingerprint density at radius 3 is 2.74 bits per heavy atom. The maximum absolute atomic E-state index is 12.7. The molecule has 0 aromatic carbocycles. The third-order valence-electron chi connectivity index (χ3n) is 3.57. The zero-order valence-electron chi connectivity index (χ0n) is 10.6. The molecule has 1 aromatic heterocycles. The molecular formula is C13H15FN2O3. The number of carbonyl (C=O) groups excluding carboxylic acids is 1. The third kappa shape index (κ3) is 2.43. The second-order valence-electron chi connectivity index (χ2n) is 4.86. The minimum Gasteiger partial charge on any atom is -0.480 e. The van der Waals surface area contributed by atoms with E-state index in [4.69, 9.17) is 0 Å². The highest BCUT2D eigenvalue weighted by Gasteiger charge is 2.44. The molecule has 1 aliphatic heterocycles. The fourth-order valence-electron chi connectivity index (χ4n) is 2.33. The van der Waals surface area contributed by atoms with Gasteiger partial charge in [0.05, 0.1) is 5.56 Å². The van der Waals surface area contributed by atoms with Crippen LogP contribution in [0.1, 0.15) is 36.5 Å². The van der Waals surface area contributed by atoms with Crippen molar-refractivity contribution in [2.75, 3.05) is 6.54 Å². The number of pyridine rings is 1. The molecule has 102 valence electrons. The van der Waals surface area contributed by atoms with Gasteiger partial charge in [0.1, 0.15) is 5.54 Å². The molecule has 1 N–H and O–H groups in total. The first-order valence-corrected chi connectivity index (χ1v) is 6.12. The van der Waals surface area contributed by atoms with Gasteiger partial charge in [0.2, 0.25) is 5.95 Å². The molecule has 2 rings (SSSR count). The molecule has 2 heterocycles. The quantitative estimate of drug-likeness (QED) is 0.827. The maximum Gasteiger partial charge on any atom is 0.329 e. The molecule has 1 amide bonds. The number of amides is 1. The van der Waals surface area contributed by atoms with Crippen LogP contribution in [0.15, 0.2) is 18.3 Å². The number of hydrogen-bond donors (Lipinski definition) is 1. The molecule has 0 saturated carbocycles. The number of likely N-dealkylation sites (tertiary alicyclic amines) is 1. The van der Waals surface area contributed by atoms with E-state index in [0.717, 1.165) is 25.1 Å². The molecule has 6 heteroatoms. The van der Waals surface area contributed by atoms with Crippen molar-refractivity contribution in [3.8, 4) is 0 Å². The van der Waals surface area contributed by atoms with Crippen molar-refractivity contribution in [3.05, 3.63) is 29.8 Å². The van der Waals surface area contributed by atoms with E-state index >= 15 is 0 Å². The molecule has 1 atom stereocenters. The van der Waals surface area contributed by atoms with E-state index in [0.29, 0.717) is 13.0 Å². The van der Waals surface area contributed by atoms with Crippen molar-refractivity contribution in [1.82, 2.24) is 9.88 Å². The SMILES string of the molecule is CC1(C(=O)O)CCCCN1C(=O)c1ccc(F)nc1. The van der Waals surface area contributed by atoms with Crippen LogP contribution in [-0.4, -0.2) is 39.0 Å². The lowest BCUT2D eigenvalue weighted by atomic mass is 9.88. The number of carboxylic acid groups (broad SMARTS) is 1. The van der Waals surface area contributed by atoms with E-state index in [1.807, 2.05) is 0 Å². The predicted octanol–water partition coefficient (Wildman–Crippen LogP) is 1.69. The average molecular weight is 266 g/mol. The number of nitrogens with zero attached hydrogens (tertiary/aromatic N) is 2. The summed E-state index contributed by atoms with van der Waals surface area (Å²) in [6.45, 7) is 1.93. The summed E-state index contributed by atoms with van der Waals surface area (Å²) in [5.74, 6) is -2.11.